The summed E-state index contributed by atoms with van der Waals surface area (Å²) in [6, 6.07) is 0.208. The molecule has 2 unspecified atom stereocenters. The minimum absolute atomic E-state index is 0.146. The van der Waals surface area contributed by atoms with Gasteiger partial charge in [0.15, 0.2) is 0 Å². The van der Waals surface area contributed by atoms with Gasteiger partial charge in [-0.1, -0.05) is 6.92 Å². The Balaban J connectivity index is 2.14. The third-order valence-electron chi connectivity index (χ3n) is 3.96. The summed E-state index contributed by atoms with van der Waals surface area (Å²) in [4.78, 5) is 12.4. The molecular formula is C14H22BrN3O. The SMILES string of the molecule is CCc1nn(CC)c(CC(=O)C2CCC(N)C2)c1Br. The van der Waals surface area contributed by atoms with E-state index in [1.165, 1.54) is 0 Å². The Morgan fingerprint density at radius 2 is 2.21 bits per heavy atom. The fourth-order valence-corrected chi connectivity index (χ4v) is 3.51. The number of aromatic nitrogens is 2. The summed E-state index contributed by atoms with van der Waals surface area (Å²) in [5.41, 5.74) is 7.94. The molecule has 0 amide bonds. The zero-order chi connectivity index (χ0) is 14.0. The lowest BCUT2D eigenvalue weighted by molar-refractivity contribution is -0.122. The Bertz CT molecular complexity index is 470. The maximum absolute atomic E-state index is 12.4. The van der Waals surface area contributed by atoms with Gasteiger partial charge in [0.05, 0.1) is 15.9 Å². The molecule has 1 saturated carbocycles. The summed E-state index contributed by atoms with van der Waals surface area (Å²) in [5.74, 6) is 0.457. The van der Waals surface area contributed by atoms with Crippen molar-refractivity contribution in [3.63, 3.8) is 0 Å². The average Bonchev–Trinajstić information content (AvgIpc) is 2.95. The third-order valence-corrected chi connectivity index (χ3v) is 4.88. The van der Waals surface area contributed by atoms with E-state index in [4.69, 9.17) is 5.73 Å². The van der Waals surface area contributed by atoms with Crippen LogP contribution in [0.25, 0.3) is 0 Å². The fraction of sp³-hybridized carbons (Fsp3) is 0.714. The second kappa shape index (κ2) is 6.18. The number of hydrogen-bond donors (Lipinski definition) is 1. The van der Waals surface area contributed by atoms with E-state index in [0.29, 0.717) is 12.2 Å². The van der Waals surface area contributed by atoms with Gasteiger partial charge in [0.25, 0.3) is 0 Å². The summed E-state index contributed by atoms with van der Waals surface area (Å²) in [5, 5.41) is 4.53. The van der Waals surface area contributed by atoms with Crippen molar-refractivity contribution in [3.8, 4) is 0 Å². The Hall–Kier alpha value is -0.680. The van der Waals surface area contributed by atoms with Crippen molar-refractivity contribution in [2.45, 2.75) is 58.5 Å². The summed E-state index contributed by atoms with van der Waals surface area (Å²) in [6.07, 6.45) is 4.11. The number of halogens is 1. The number of Topliss-reactive ketones (excluding diaryl/α,β-unsaturated/α-hetero) is 1. The van der Waals surface area contributed by atoms with Crippen LogP contribution in [0.5, 0.6) is 0 Å². The number of hydrogen-bond acceptors (Lipinski definition) is 3. The van der Waals surface area contributed by atoms with Crippen molar-refractivity contribution in [1.29, 1.82) is 0 Å². The van der Waals surface area contributed by atoms with Crippen LogP contribution in [-0.2, 0) is 24.2 Å². The fourth-order valence-electron chi connectivity index (χ4n) is 2.80. The standard InChI is InChI=1S/C14H22BrN3O/c1-3-11-14(15)12(18(4-2)17-11)8-13(19)9-5-6-10(16)7-9/h9-10H,3-8,16H2,1-2H3. The van der Waals surface area contributed by atoms with E-state index in [2.05, 4.69) is 34.9 Å². The first-order chi connectivity index (χ1) is 9.06. The van der Waals surface area contributed by atoms with Crippen LogP contribution in [0.2, 0.25) is 0 Å². The smallest absolute Gasteiger partial charge is 0.141 e. The monoisotopic (exact) mass is 327 g/mol. The van der Waals surface area contributed by atoms with Crippen molar-refractivity contribution in [1.82, 2.24) is 9.78 Å². The summed E-state index contributed by atoms with van der Waals surface area (Å²) in [6.45, 7) is 4.93. The second-order valence-corrected chi connectivity index (χ2v) is 6.08. The predicted molar refractivity (Wildman–Crippen MR) is 79.0 cm³/mol. The van der Waals surface area contributed by atoms with Gasteiger partial charge in [-0.3, -0.25) is 9.48 Å². The van der Waals surface area contributed by atoms with Crippen LogP contribution in [0.4, 0.5) is 0 Å². The number of aryl methyl sites for hydroxylation is 2. The molecule has 1 aromatic heterocycles. The zero-order valence-corrected chi connectivity index (χ0v) is 13.2. The first-order valence-electron chi connectivity index (χ1n) is 7.09. The van der Waals surface area contributed by atoms with Crippen molar-refractivity contribution >= 4 is 21.7 Å². The molecule has 5 heteroatoms. The maximum Gasteiger partial charge on any atom is 0.141 e. The van der Waals surface area contributed by atoms with Crippen LogP contribution >= 0.6 is 15.9 Å². The van der Waals surface area contributed by atoms with Crippen molar-refractivity contribution in [2.24, 2.45) is 11.7 Å². The van der Waals surface area contributed by atoms with E-state index < -0.39 is 0 Å². The van der Waals surface area contributed by atoms with Crippen molar-refractivity contribution in [2.75, 3.05) is 0 Å². The predicted octanol–water partition coefficient (Wildman–Crippen LogP) is 2.47. The number of rotatable bonds is 5. The Kier molecular flexibility index (Phi) is 4.79. The van der Waals surface area contributed by atoms with Crippen LogP contribution in [0.3, 0.4) is 0 Å². The number of ketones is 1. The molecule has 4 nitrogen and oxygen atoms in total. The van der Waals surface area contributed by atoms with Crippen LogP contribution in [0, 0.1) is 5.92 Å². The van der Waals surface area contributed by atoms with Gasteiger partial charge in [0.1, 0.15) is 5.78 Å². The van der Waals surface area contributed by atoms with Crippen molar-refractivity contribution < 1.29 is 4.79 Å². The van der Waals surface area contributed by atoms with E-state index >= 15 is 0 Å². The highest BCUT2D eigenvalue weighted by Crippen LogP contribution is 2.28. The maximum atomic E-state index is 12.4. The van der Waals surface area contributed by atoms with Gasteiger partial charge in [-0.25, -0.2) is 0 Å². The minimum Gasteiger partial charge on any atom is -0.328 e. The van der Waals surface area contributed by atoms with Gasteiger partial charge in [-0.2, -0.15) is 5.10 Å². The van der Waals surface area contributed by atoms with Gasteiger partial charge in [-0.15, -0.1) is 0 Å². The third kappa shape index (κ3) is 3.08. The molecule has 1 aliphatic carbocycles. The molecule has 0 radical (unpaired) electrons. The lowest BCUT2D eigenvalue weighted by Crippen LogP contribution is -2.20. The average molecular weight is 328 g/mol. The van der Waals surface area contributed by atoms with Crippen molar-refractivity contribution in [3.05, 3.63) is 15.9 Å². The molecule has 0 aromatic carbocycles. The number of nitrogens with zero attached hydrogens (tertiary/aromatic N) is 2. The van der Waals surface area contributed by atoms with Gasteiger partial charge >= 0.3 is 0 Å². The highest BCUT2D eigenvalue weighted by atomic mass is 79.9. The summed E-state index contributed by atoms with van der Waals surface area (Å²) in [7, 11) is 0. The molecular weight excluding hydrogens is 306 g/mol. The largest absolute Gasteiger partial charge is 0.328 e. The zero-order valence-electron chi connectivity index (χ0n) is 11.7. The van der Waals surface area contributed by atoms with Crippen LogP contribution in [-0.4, -0.2) is 21.6 Å². The lowest BCUT2D eigenvalue weighted by atomic mass is 9.98. The Labute approximate surface area is 122 Å². The molecule has 2 N–H and O–H groups in total. The molecule has 2 atom stereocenters. The topological polar surface area (TPSA) is 60.9 Å². The minimum atomic E-state index is 0.146. The second-order valence-electron chi connectivity index (χ2n) is 5.29. The number of carbonyl (C=O) groups is 1. The molecule has 19 heavy (non-hydrogen) atoms. The molecule has 0 saturated heterocycles. The molecule has 0 spiro atoms. The molecule has 1 aliphatic rings. The Morgan fingerprint density at radius 3 is 2.74 bits per heavy atom. The van der Waals surface area contributed by atoms with E-state index in [0.717, 1.165) is 48.1 Å². The molecule has 2 rings (SSSR count). The van der Waals surface area contributed by atoms with Gasteiger partial charge in [-0.05, 0) is 48.5 Å². The molecule has 1 aromatic rings. The number of carbonyl (C=O) groups excluding carboxylic acids is 1. The lowest BCUT2D eigenvalue weighted by Gasteiger charge is -2.10. The molecule has 1 heterocycles. The highest BCUT2D eigenvalue weighted by Gasteiger charge is 2.29. The van der Waals surface area contributed by atoms with E-state index in [9.17, 15) is 4.79 Å². The molecule has 0 aliphatic heterocycles. The quantitative estimate of drug-likeness (QED) is 0.903. The van der Waals surface area contributed by atoms with Gasteiger partial charge in [0, 0.05) is 24.9 Å². The Morgan fingerprint density at radius 1 is 1.47 bits per heavy atom. The first kappa shape index (κ1) is 14.7. The van der Waals surface area contributed by atoms with Crippen LogP contribution in [0.15, 0.2) is 4.47 Å². The van der Waals surface area contributed by atoms with Crippen LogP contribution in [0.1, 0.15) is 44.5 Å². The van der Waals surface area contributed by atoms with Gasteiger partial charge < -0.3 is 5.73 Å². The van der Waals surface area contributed by atoms with E-state index in [1.807, 2.05) is 4.68 Å². The molecule has 0 bridgehead atoms. The van der Waals surface area contributed by atoms with Gasteiger partial charge in [0.2, 0.25) is 0 Å². The molecule has 1 fully saturated rings. The normalized spacial score (nSPS) is 22.9. The molecule has 106 valence electrons. The first-order valence-corrected chi connectivity index (χ1v) is 7.88. The van der Waals surface area contributed by atoms with E-state index in [1.54, 1.807) is 0 Å². The van der Waals surface area contributed by atoms with E-state index in [-0.39, 0.29) is 12.0 Å². The summed E-state index contributed by atoms with van der Waals surface area (Å²) >= 11 is 3.59. The highest BCUT2D eigenvalue weighted by molar-refractivity contribution is 9.10. The number of nitrogens with two attached hydrogens (primary N) is 1. The van der Waals surface area contributed by atoms with Crippen LogP contribution < -0.4 is 5.73 Å². The summed E-state index contributed by atoms with van der Waals surface area (Å²) < 4.78 is 2.95.